The number of aliphatic hydroxyl groups is 1. The maximum atomic E-state index is 14.3. The van der Waals surface area contributed by atoms with E-state index < -0.39 is 206 Å². The van der Waals surface area contributed by atoms with Crippen LogP contribution in [0.15, 0.2) is 30.3 Å². The third-order valence-electron chi connectivity index (χ3n) is 14.7. The molecule has 0 spiro atoms. The fraction of sp³-hybridized carbons (Fsp3) is 0.644. The fourth-order valence-corrected chi connectivity index (χ4v) is 10.1. The van der Waals surface area contributed by atoms with Crippen LogP contribution >= 0.6 is 11.8 Å². The molecule has 13 amide bonds. The highest BCUT2D eigenvalue weighted by Crippen LogP contribution is 2.22. The number of aliphatic carboxylic acids is 2. The van der Waals surface area contributed by atoms with Crippen LogP contribution in [0, 0.1) is 17.8 Å². The number of amides is 13. The molecule has 520 valence electrons. The normalized spacial score (nSPS) is 16.1. The van der Waals surface area contributed by atoms with Gasteiger partial charge in [-0.05, 0) is 93.2 Å². The molecule has 0 radical (unpaired) electrons. The van der Waals surface area contributed by atoms with Crippen molar-refractivity contribution in [3.05, 3.63) is 35.9 Å². The van der Waals surface area contributed by atoms with Gasteiger partial charge in [-0.3, -0.25) is 71.9 Å². The van der Waals surface area contributed by atoms with Crippen LogP contribution in [-0.2, 0) is 78.3 Å². The average molecular weight is 1330 g/mol. The number of unbranched alkanes of at least 4 members (excludes halogenated alkanes) is 1. The van der Waals surface area contributed by atoms with Gasteiger partial charge in [-0.25, -0.2) is 0 Å². The van der Waals surface area contributed by atoms with Gasteiger partial charge < -0.3 is 96.3 Å². The molecule has 33 nitrogen and oxygen atoms in total. The smallest absolute Gasteiger partial charge is 0.305 e. The molecule has 1 aliphatic rings. The highest BCUT2D eigenvalue weighted by atomic mass is 32.2. The molecule has 1 fully saturated rings. The van der Waals surface area contributed by atoms with Crippen LogP contribution in [0.3, 0.4) is 0 Å². The number of nitrogens with zero attached hydrogens (tertiary/aromatic N) is 1. The van der Waals surface area contributed by atoms with Gasteiger partial charge in [-0.1, -0.05) is 71.9 Å². The molecule has 11 atom stereocenters. The molecule has 1 saturated heterocycles. The van der Waals surface area contributed by atoms with Gasteiger partial charge in [-0.2, -0.15) is 11.8 Å². The Labute approximate surface area is 543 Å². The first kappa shape index (κ1) is 80.6. The Kier molecular flexibility index (Phi) is 35.7. The number of carbonyl (C=O) groups is 15. The van der Waals surface area contributed by atoms with E-state index in [4.69, 9.17) is 28.0 Å². The van der Waals surface area contributed by atoms with Crippen molar-refractivity contribution in [1.29, 1.82) is 0 Å². The van der Waals surface area contributed by atoms with Crippen LogP contribution in [0.25, 0.3) is 0 Å². The van der Waals surface area contributed by atoms with Gasteiger partial charge in [0.05, 0.1) is 32.0 Å². The Morgan fingerprint density at radius 2 is 1.12 bits per heavy atom. The molecule has 34 heteroatoms. The summed E-state index contributed by atoms with van der Waals surface area (Å²) in [5, 5.41) is 53.9. The number of primary amides is 2. The number of carboxylic acids is 2. The number of carboxylic acid groups (broad SMARTS) is 2. The lowest BCUT2D eigenvalue weighted by atomic mass is 10.00. The van der Waals surface area contributed by atoms with Crippen molar-refractivity contribution >= 4 is 100 Å². The number of hydrogen-bond donors (Lipinski definition) is 17. The number of nitrogens with one attached hydrogen (secondary N) is 10. The van der Waals surface area contributed by atoms with E-state index in [2.05, 4.69) is 53.2 Å². The maximum Gasteiger partial charge on any atom is 0.305 e. The average Bonchev–Trinajstić information content (AvgIpc) is 1.78. The predicted octanol–water partition coefficient (Wildman–Crippen LogP) is -5.04. The van der Waals surface area contributed by atoms with E-state index in [1.807, 2.05) is 6.26 Å². The summed E-state index contributed by atoms with van der Waals surface area (Å²) < 4.78 is 0. The van der Waals surface area contributed by atoms with Gasteiger partial charge >= 0.3 is 11.9 Å². The van der Waals surface area contributed by atoms with E-state index in [-0.39, 0.29) is 57.5 Å². The topological polar surface area (TPSA) is 544 Å². The van der Waals surface area contributed by atoms with E-state index in [0.29, 0.717) is 24.2 Å². The van der Waals surface area contributed by atoms with E-state index in [9.17, 15) is 82.1 Å². The van der Waals surface area contributed by atoms with Crippen LogP contribution in [0.2, 0.25) is 0 Å². The second-order valence-corrected chi connectivity index (χ2v) is 24.6. The Morgan fingerprint density at radius 1 is 0.591 bits per heavy atom. The lowest BCUT2D eigenvalue weighted by Gasteiger charge is -2.32. The second-order valence-electron chi connectivity index (χ2n) is 23.6. The first-order chi connectivity index (χ1) is 43.7. The lowest BCUT2D eigenvalue weighted by Crippen LogP contribution is -2.61. The zero-order valence-corrected chi connectivity index (χ0v) is 54.4. The predicted molar refractivity (Wildman–Crippen MR) is 337 cm³/mol. The minimum Gasteiger partial charge on any atom is -0.481 e. The molecular weight excluding hydrogens is 1240 g/mol. The molecule has 1 aromatic rings. The number of thioether (sulfide) groups is 1. The van der Waals surface area contributed by atoms with Crippen LogP contribution in [0.1, 0.15) is 118 Å². The van der Waals surface area contributed by atoms with Gasteiger partial charge in [0.25, 0.3) is 0 Å². The zero-order valence-electron chi connectivity index (χ0n) is 53.6. The Bertz CT molecular complexity index is 2760. The summed E-state index contributed by atoms with van der Waals surface area (Å²) >= 11 is 1.44. The molecule has 1 heterocycles. The quantitative estimate of drug-likeness (QED) is 0.0272. The monoisotopic (exact) mass is 1330 g/mol. The fourth-order valence-electron chi connectivity index (χ4n) is 9.66. The highest BCUT2D eigenvalue weighted by molar-refractivity contribution is 7.98. The molecule has 0 aromatic heterocycles. The van der Waals surface area contributed by atoms with E-state index in [0.717, 1.165) is 0 Å². The Morgan fingerprint density at radius 3 is 1.67 bits per heavy atom. The summed E-state index contributed by atoms with van der Waals surface area (Å²) in [6.45, 7) is 8.38. The number of likely N-dealkylation sites (tertiary alicyclic amines) is 1. The second kappa shape index (κ2) is 41.2. The van der Waals surface area contributed by atoms with Crippen molar-refractivity contribution in [2.75, 3.05) is 38.2 Å². The largest absolute Gasteiger partial charge is 0.481 e. The SMILES string of the molecule is CSCC[C@H](NC(=O)[C@H](CC(C)C)NC(=O)CNC(=O)[C@@H](NC(=O)[C@H](Cc1ccccc1)NC(=O)[C@H](CCC(N)=O)NC(=O)[C@H](CC(=O)O)NC(=O)[C@H](CO)NC(=O)[C@H](CCCCN)NC(=O)[C@H]1CCCN1C(=O)[C@@H](NC(=O)[C@@H](N)CC(=O)O)C(C)C)C(C)C)C(N)=O. The molecule has 93 heavy (non-hydrogen) atoms. The summed E-state index contributed by atoms with van der Waals surface area (Å²) in [6, 6.07) is -8.00. The molecular formula is C59H95N15O18S. The number of hydrogen-bond acceptors (Lipinski definition) is 19. The summed E-state index contributed by atoms with van der Waals surface area (Å²) in [5.74, 6) is -16.1. The van der Waals surface area contributed by atoms with Gasteiger partial charge in [0.2, 0.25) is 76.8 Å². The molecule has 1 aromatic carbocycles. The summed E-state index contributed by atoms with van der Waals surface area (Å²) in [7, 11) is 0. The number of benzene rings is 1. The van der Waals surface area contributed by atoms with Crippen molar-refractivity contribution < 1.29 is 87.2 Å². The molecule has 2 rings (SSSR count). The van der Waals surface area contributed by atoms with Gasteiger partial charge in [0, 0.05) is 19.4 Å². The first-order valence-corrected chi connectivity index (χ1v) is 32.1. The van der Waals surface area contributed by atoms with Crippen molar-refractivity contribution in [1.82, 2.24) is 58.1 Å². The summed E-state index contributed by atoms with van der Waals surface area (Å²) in [4.78, 5) is 200. The number of nitrogens with two attached hydrogens (primary N) is 4. The van der Waals surface area contributed by atoms with Crippen LogP contribution in [-0.4, -0.2) is 214 Å². The molecule has 1 aliphatic heterocycles. The molecule has 0 unspecified atom stereocenters. The summed E-state index contributed by atoms with van der Waals surface area (Å²) in [5.41, 5.74) is 22.8. The third kappa shape index (κ3) is 28.9. The van der Waals surface area contributed by atoms with Crippen molar-refractivity contribution in [2.45, 2.75) is 185 Å². The molecule has 0 saturated carbocycles. The van der Waals surface area contributed by atoms with E-state index in [1.165, 1.54) is 16.7 Å². The molecule has 21 N–H and O–H groups in total. The van der Waals surface area contributed by atoms with Gasteiger partial charge in [0.1, 0.15) is 60.4 Å². The Hall–Kier alpha value is -8.50. The molecule has 0 bridgehead atoms. The van der Waals surface area contributed by atoms with E-state index >= 15 is 0 Å². The van der Waals surface area contributed by atoms with Crippen molar-refractivity contribution in [3.63, 3.8) is 0 Å². The summed E-state index contributed by atoms with van der Waals surface area (Å²) in [6.07, 6.45) is -0.0898. The van der Waals surface area contributed by atoms with Crippen LogP contribution in [0.4, 0.5) is 0 Å². The standard InChI is InChI=1S/C59H95N15O18S/c1-30(2)24-38(53(86)66-35(49(63)82)20-23-93-7)65-44(77)28-64-58(91)47(31(3)4)72-55(88)39(25-33-14-9-8-10-15-33)69-52(85)37(18-19-43(62)76)67-54(87)40(27-46(80)81)70-56(89)41(29-75)71-51(84)36(16-11-12-21-60)68-57(90)42-17-13-22-74(42)59(92)48(32(5)6)73-50(83)34(61)26-45(78)79/h8-10,14-15,30-32,34-42,47-48,75H,11-13,16-29,60-61H2,1-7H3,(H2,62,76)(H2,63,82)(H,64,91)(H,65,77)(H,66,86)(H,67,87)(H,68,90)(H,69,85)(H,70,89)(H,71,84)(H,72,88)(H,73,83)(H,78,79)(H,80,81)/t34-,35-,36-,37-,38-,39-,40-,41-,42+,47-,48-/m0/s1. The minimum atomic E-state index is -2.07. The number of carbonyl (C=O) groups excluding carboxylic acids is 13. The van der Waals surface area contributed by atoms with Crippen molar-refractivity contribution in [3.8, 4) is 0 Å². The van der Waals surface area contributed by atoms with E-state index in [1.54, 1.807) is 71.9 Å². The minimum absolute atomic E-state index is 0.0579. The zero-order chi connectivity index (χ0) is 70.2. The number of aliphatic hydroxyl groups excluding tert-OH is 1. The third-order valence-corrected chi connectivity index (χ3v) is 15.4. The number of rotatable bonds is 43. The van der Waals surface area contributed by atoms with Crippen molar-refractivity contribution in [2.24, 2.45) is 40.7 Å². The lowest BCUT2D eigenvalue weighted by molar-refractivity contribution is -0.144. The van der Waals surface area contributed by atoms with Crippen LogP contribution in [0.5, 0.6) is 0 Å². The Balaban J connectivity index is 2.38. The maximum absolute atomic E-state index is 14.3. The first-order valence-electron chi connectivity index (χ1n) is 30.7. The van der Waals surface area contributed by atoms with Gasteiger partial charge in [-0.15, -0.1) is 0 Å². The highest BCUT2D eigenvalue weighted by Gasteiger charge is 2.41. The molecule has 0 aliphatic carbocycles. The van der Waals surface area contributed by atoms with Crippen LogP contribution < -0.4 is 76.1 Å². The van der Waals surface area contributed by atoms with Gasteiger partial charge in [0.15, 0.2) is 0 Å².